The molecule has 0 saturated carbocycles. The third-order valence-corrected chi connectivity index (χ3v) is 13.5. The summed E-state index contributed by atoms with van der Waals surface area (Å²) in [5, 5.41) is 0. The Morgan fingerprint density at radius 1 is 0.381 bits per heavy atom. The van der Waals surface area contributed by atoms with Gasteiger partial charge in [0.25, 0.3) is 0 Å². The van der Waals surface area contributed by atoms with Gasteiger partial charge in [0.15, 0.2) is 13.5 Å². The highest BCUT2D eigenvalue weighted by Gasteiger charge is 2.20. The normalized spacial score (nSPS) is 13.4. The van der Waals surface area contributed by atoms with Crippen molar-refractivity contribution in [3.05, 3.63) is 107 Å². The number of rotatable bonds is 32. The Kier molecular flexibility index (Phi) is 22.0. The Hall–Kier alpha value is -4.12. The number of ether oxygens (including phenoxy) is 3. The fourth-order valence-electron chi connectivity index (χ4n) is 9.45. The summed E-state index contributed by atoms with van der Waals surface area (Å²) in [6.07, 6.45) is 38.5. The molecule has 5 nitrogen and oxygen atoms in total. The van der Waals surface area contributed by atoms with Crippen molar-refractivity contribution < 1.29 is 14.2 Å². The molecule has 0 radical (unpaired) electrons. The maximum absolute atomic E-state index is 6.29. The summed E-state index contributed by atoms with van der Waals surface area (Å²) in [7, 11) is 0. The SMILES string of the molecule is CCCCCCCCCCCCCCCc1ccc2c(c1)OCN(c1ccc(Oc3ccc(N4COc5cc(CCCCCCCCCCCCCCC)ccc5C4)cc3)cc1)C2. The van der Waals surface area contributed by atoms with Gasteiger partial charge in [-0.1, -0.05) is 192 Å². The summed E-state index contributed by atoms with van der Waals surface area (Å²) in [4.78, 5) is 4.57. The molecule has 0 saturated heterocycles. The molecule has 6 rings (SSSR count). The molecular weight excluding hydrogens is 773 g/mol. The van der Waals surface area contributed by atoms with Crippen LogP contribution in [0.2, 0.25) is 0 Å². The zero-order chi connectivity index (χ0) is 43.6. The Labute approximate surface area is 384 Å². The molecule has 0 aromatic heterocycles. The van der Waals surface area contributed by atoms with Gasteiger partial charge in [-0.3, -0.25) is 0 Å². The molecule has 0 spiro atoms. The van der Waals surface area contributed by atoms with Gasteiger partial charge in [0, 0.05) is 35.6 Å². The van der Waals surface area contributed by atoms with Crippen LogP contribution < -0.4 is 24.0 Å². The summed E-state index contributed by atoms with van der Waals surface area (Å²) in [6, 6.07) is 30.5. The second kappa shape index (κ2) is 28.6. The lowest BCUT2D eigenvalue weighted by molar-refractivity contribution is 0.289. The summed E-state index contributed by atoms with van der Waals surface area (Å²) < 4.78 is 18.9. The zero-order valence-electron chi connectivity index (χ0n) is 39.8. The molecule has 0 amide bonds. The van der Waals surface area contributed by atoms with Crippen LogP contribution in [0.5, 0.6) is 23.0 Å². The Morgan fingerprint density at radius 3 is 1.03 bits per heavy atom. The summed E-state index contributed by atoms with van der Waals surface area (Å²) >= 11 is 0. The van der Waals surface area contributed by atoms with Crippen LogP contribution in [0.4, 0.5) is 11.4 Å². The van der Waals surface area contributed by atoms with Gasteiger partial charge in [0.1, 0.15) is 23.0 Å². The van der Waals surface area contributed by atoms with Gasteiger partial charge in [0.05, 0.1) is 0 Å². The number of anilines is 2. The maximum atomic E-state index is 6.29. The van der Waals surface area contributed by atoms with Crippen molar-refractivity contribution in [1.29, 1.82) is 0 Å². The molecule has 0 unspecified atom stereocenters. The molecule has 0 fully saturated rings. The lowest BCUT2D eigenvalue weighted by Crippen LogP contribution is -2.31. The minimum absolute atomic E-state index is 0.558. The van der Waals surface area contributed by atoms with Gasteiger partial charge in [-0.2, -0.15) is 0 Å². The molecule has 4 aromatic carbocycles. The Morgan fingerprint density at radius 2 is 0.698 bits per heavy atom. The second-order valence-electron chi connectivity index (χ2n) is 18.9. The van der Waals surface area contributed by atoms with Gasteiger partial charge >= 0.3 is 0 Å². The van der Waals surface area contributed by atoms with Crippen LogP contribution in [0.15, 0.2) is 84.9 Å². The van der Waals surface area contributed by atoms with E-state index < -0.39 is 0 Å². The van der Waals surface area contributed by atoms with E-state index in [-0.39, 0.29) is 0 Å². The summed E-state index contributed by atoms with van der Waals surface area (Å²) in [5.74, 6) is 3.75. The van der Waals surface area contributed by atoms with Crippen LogP contribution in [0, 0.1) is 0 Å². The average Bonchev–Trinajstić information content (AvgIpc) is 3.32. The first-order chi connectivity index (χ1) is 31.2. The molecule has 2 heterocycles. The molecule has 5 heteroatoms. The molecule has 0 N–H and O–H groups in total. The molecule has 4 aromatic rings. The smallest absolute Gasteiger partial charge is 0.161 e. The minimum Gasteiger partial charge on any atom is -0.473 e. The number of aryl methyl sites for hydroxylation is 2. The van der Waals surface area contributed by atoms with E-state index in [9.17, 15) is 0 Å². The molecule has 2 aliphatic rings. The number of unbranched alkanes of at least 4 members (excludes halogenated alkanes) is 24. The first kappa shape index (κ1) is 48.3. The summed E-state index contributed by atoms with van der Waals surface area (Å²) in [5.41, 5.74) is 7.58. The van der Waals surface area contributed by atoms with E-state index in [1.165, 1.54) is 189 Å². The lowest BCUT2D eigenvalue weighted by atomic mass is 10.0. The fourth-order valence-corrected chi connectivity index (χ4v) is 9.45. The van der Waals surface area contributed by atoms with Crippen LogP contribution in [0.1, 0.15) is 203 Å². The van der Waals surface area contributed by atoms with Crippen LogP contribution in [0.25, 0.3) is 0 Å². The molecule has 0 bridgehead atoms. The van der Waals surface area contributed by atoms with Crippen molar-refractivity contribution >= 4 is 11.4 Å². The zero-order valence-corrected chi connectivity index (χ0v) is 39.8. The Bertz CT molecular complexity index is 1690. The summed E-state index contributed by atoms with van der Waals surface area (Å²) in [6.45, 7) is 7.40. The topological polar surface area (TPSA) is 34.2 Å². The molecule has 344 valence electrons. The van der Waals surface area contributed by atoms with Crippen LogP contribution in [-0.4, -0.2) is 13.5 Å². The van der Waals surface area contributed by atoms with Crippen molar-refractivity contribution in [1.82, 2.24) is 0 Å². The molecular formula is C58H84N2O3. The second-order valence-corrected chi connectivity index (χ2v) is 18.9. The van der Waals surface area contributed by atoms with Gasteiger partial charge in [0.2, 0.25) is 0 Å². The van der Waals surface area contributed by atoms with E-state index in [1.807, 2.05) is 0 Å². The van der Waals surface area contributed by atoms with E-state index in [4.69, 9.17) is 14.2 Å². The van der Waals surface area contributed by atoms with Crippen molar-refractivity contribution in [2.24, 2.45) is 0 Å². The highest BCUT2D eigenvalue weighted by Crippen LogP contribution is 2.34. The maximum Gasteiger partial charge on any atom is 0.161 e. The van der Waals surface area contributed by atoms with Crippen molar-refractivity contribution in [3.63, 3.8) is 0 Å². The molecule has 63 heavy (non-hydrogen) atoms. The first-order valence-electron chi connectivity index (χ1n) is 26.1. The quantitative estimate of drug-likeness (QED) is 0.0457. The van der Waals surface area contributed by atoms with Crippen molar-refractivity contribution in [2.75, 3.05) is 23.3 Å². The van der Waals surface area contributed by atoms with Gasteiger partial charge < -0.3 is 24.0 Å². The van der Waals surface area contributed by atoms with Gasteiger partial charge in [-0.05, 0) is 97.5 Å². The van der Waals surface area contributed by atoms with E-state index in [2.05, 4.69) is 109 Å². The third kappa shape index (κ3) is 17.4. The number of fused-ring (bicyclic) bond motifs is 2. The number of hydrogen-bond acceptors (Lipinski definition) is 5. The van der Waals surface area contributed by atoms with E-state index in [1.54, 1.807) is 0 Å². The third-order valence-electron chi connectivity index (χ3n) is 13.5. The highest BCUT2D eigenvalue weighted by molar-refractivity contribution is 5.55. The number of hydrogen-bond donors (Lipinski definition) is 0. The standard InChI is InChI=1S/C58H84N2O3/c1-3-5-7-9-11-13-15-17-19-21-23-25-27-29-49-31-33-51-45-59(47-61-57(51)43-49)53-35-39-55(40-36-53)63-56-41-37-54(38-42-56)60-46-52-34-32-50(44-58(52)62-48-60)30-28-26-24-22-20-18-16-14-12-10-8-6-4-2/h31-44H,3-30,45-48H2,1-2H3. The fraction of sp³-hybridized carbons (Fsp3) is 0.586. The van der Waals surface area contributed by atoms with Crippen LogP contribution in [0.3, 0.4) is 0 Å². The predicted molar refractivity (Wildman–Crippen MR) is 268 cm³/mol. The molecule has 0 aliphatic carbocycles. The van der Waals surface area contributed by atoms with Gasteiger partial charge in [-0.15, -0.1) is 0 Å². The van der Waals surface area contributed by atoms with Crippen LogP contribution >= 0.6 is 0 Å². The van der Waals surface area contributed by atoms with Gasteiger partial charge in [-0.25, -0.2) is 0 Å². The van der Waals surface area contributed by atoms with E-state index >= 15 is 0 Å². The number of benzene rings is 4. The van der Waals surface area contributed by atoms with Crippen LogP contribution in [-0.2, 0) is 25.9 Å². The largest absolute Gasteiger partial charge is 0.473 e. The molecule has 0 atom stereocenters. The average molecular weight is 857 g/mol. The lowest BCUT2D eigenvalue weighted by Gasteiger charge is -2.31. The van der Waals surface area contributed by atoms with Crippen molar-refractivity contribution in [2.45, 2.75) is 207 Å². The predicted octanol–water partition coefficient (Wildman–Crippen LogP) is 17.5. The van der Waals surface area contributed by atoms with Crippen molar-refractivity contribution in [3.8, 4) is 23.0 Å². The van der Waals surface area contributed by atoms with E-state index in [0.717, 1.165) is 60.3 Å². The minimum atomic E-state index is 0.558. The number of nitrogens with zero attached hydrogens (tertiary/aromatic N) is 2. The molecule has 2 aliphatic heterocycles. The Balaban J connectivity index is 0.834. The monoisotopic (exact) mass is 857 g/mol. The highest BCUT2D eigenvalue weighted by atomic mass is 16.5. The first-order valence-corrected chi connectivity index (χ1v) is 26.1. The van der Waals surface area contributed by atoms with E-state index in [0.29, 0.717) is 13.5 Å².